The highest BCUT2D eigenvalue weighted by Gasteiger charge is 2.44. The summed E-state index contributed by atoms with van der Waals surface area (Å²) in [5.74, 6) is 1.15. The molecule has 2 heterocycles. The molecular weight excluding hydrogens is 260 g/mol. The smallest absolute Gasteiger partial charge is 0.128 e. The number of rotatable bonds is 3. The van der Waals surface area contributed by atoms with Gasteiger partial charge in [-0.15, -0.1) is 0 Å². The first-order valence-electron chi connectivity index (χ1n) is 8.34. The summed E-state index contributed by atoms with van der Waals surface area (Å²) in [6, 6.07) is 5.03. The first-order valence-corrected chi connectivity index (χ1v) is 8.34. The van der Waals surface area contributed by atoms with E-state index in [4.69, 9.17) is 4.74 Å². The van der Waals surface area contributed by atoms with Crippen molar-refractivity contribution in [3.63, 3.8) is 0 Å². The van der Waals surface area contributed by atoms with Crippen LogP contribution < -0.4 is 10.1 Å². The molecule has 2 aliphatic rings. The Hall–Kier alpha value is -1.06. The topological polar surface area (TPSA) is 24.5 Å². The van der Waals surface area contributed by atoms with Gasteiger partial charge in [0.1, 0.15) is 11.4 Å². The fraction of sp³-hybridized carbons (Fsp3) is 0.667. The van der Waals surface area contributed by atoms with Crippen molar-refractivity contribution in [3.05, 3.63) is 28.8 Å². The van der Waals surface area contributed by atoms with E-state index >= 15 is 0 Å². The van der Waals surface area contributed by atoms with E-state index in [1.807, 2.05) is 0 Å². The van der Waals surface area contributed by atoms with Crippen LogP contribution in [-0.2, 0) is 0 Å². The Morgan fingerprint density at radius 2 is 2.05 bits per heavy atom. The van der Waals surface area contributed by atoms with Crippen molar-refractivity contribution in [2.45, 2.75) is 52.2 Å². The predicted molar refractivity (Wildman–Crippen MR) is 87.0 cm³/mol. The lowest BCUT2D eigenvalue weighted by atomic mass is 9.84. The van der Waals surface area contributed by atoms with E-state index < -0.39 is 0 Å². The molecule has 1 saturated heterocycles. The molecule has 1 aromatic carbocycles. The minimum atomic E-state index is -0.00118. The molecule has 21 heavy (non-hydrogen) atoms. The van der Waals surface area contributed by atoms with Crippen LogP contribution in [0.3, 0.4) is 0 Å². The minimum Gasteiger partial charge on any atom is -0.485 e. The monoisotopic (exact) mass is 288 g/mol. The summed E-state index contributed by atoms with van der Waals surface area (Å²) in [6.45, 7) is 13.2. The number of nitrogens with zero attached hydrogens (tertiary/aromatic N) is 1. The molecule has 0 radical (unpaired) electrons. The van der Waals surface area contributed by atoms with Gasteiger partial charge in [-0.2, -0.15) is 0 Å². The molecule has 3 nitrogen and oxygen atoms in total. The number of aryl methyl sites for hydroxylation is 1. The van der Waals surface area contributed by atoms with Gasteiger partial charge < -0.3 is 10.1 Å². The summed E-state index contributed by atoms with van der Waals surface area (Å²) in [7, 11) is 0. The van der Waals surface area contributed by atoms with Gasteiger partial charge in [-0.3, -0.25) is 4.90 Å². The molecule has 1 aromatic rings. The summed E-state index contributed by atoms with van der Waals surface area (Å²) >= 11 is 0. The van der Waals surface area contributed by atoms with Crippen LogP contribution in [0.15, 0.2) is 12.1 Å². The van der Waals surface area contributed by atoms with E-state index in [0.29, 0.717) is 6.04 Å². The largest absolute Gasteiger partial charge is 0.485 e. The lowest BCUT2D eigenvalue weighted by molar-refractivity contribution is 0.0186. The van der Waals surface area contributed by atoms with E-state index in [9.17, 15) is 0 Å². The molecule has 0 bridgehead atoms. The zero-order chi connectivity index (χ0) is 15.0. The number of benzene rings is 1. The zero-order valence-electron chi connectivity index (χ0n) is 13.8. The number of nitrogens with one attached hydrogen (secondary N) is 1. The van der Waals surface area contributed by atoms with Crippen LogP contribution in [0.4, 0.5) is 0 Å². The molecule has 0 aromatic heterocycles. The molecule has 2 atom stereocenters. The predicted octanol–water partition coefficient (Wildman–Crippen LogP) is 3.20. The second kappa shape index (κ2) is 5.62. The molecular formula is C18H28N2O. The average molecular weight is 288 g/mol. The van der Waals surface area contributed by atoms with Crippen LogP contribution in [0.2, 0.25) is 0 Å². The first-order chi connectivity index (χ1) is 10.1. The molecule has 2 aliphatic heterocycles. The summed E-state index contributed by atoms with van der Waals surface area (Å²) in [5.41, 5.74) is 4.03. The highest BCUT2D eigenvalue weighted by molar-refractivity contribution is 5.49. The van der Waals surface area contributed by atoms with Crippen molar-refractivity contribution in [3.8, 4) is 5.75 Å². The maximum Gasteiger partial charge on any atom is 0.128 e. The third-order valence-corrected chi connectivity index (χ3v) is 5.41. The lowest BCUT2D eigenvalue weighted by Gasteiger charge is -2.44. The van der Waals surface area contributed by atoms with Crippen molar-refractivity contribution in [1.82, 2.24) is 10.2 Å². The fourth-order valence-electron chi connectivity index (χ4n) is 3.90. The third-order valence-electron chi connectivity index (χ3n) is 5.41. The second-order valence-electron chi connectivity index (χ2n) is 6.58. The van der Waals surface area contributed by atoms with Gasteiger partial charge in [0, 0.05) is 31.0 Å². The number of hydrogen-bond acceptors (Lipinski definition) is 3. The van der Waals surface area contributed by atoms with E-state index in [1.54, 1.807) is 0 Å². The minimum absolute atomic E-state index is 0.00118. The Kier molecular flexibility index (Phi) is 3.98. The molecule has 1 spiro atoms. The molecule has 116 valence electrons. The summed E-state index contributed by atoms with van der Waals surface area (Å²) in [4.78, 5) is 2.58. The summed E-state index contributed by atoms with van der Waals surface area (Å²) < 4.78 is 6.57. The SMILES string of the molecule is CCN(CC)C1CC2(CCNC2)Oc2c1ccc(C)c2C. The van der Waals surface area contributed by atoms with Crippen molar-refractivity contribution in [2.24, 2.45) is 0 Å². The number of ether oxygens (including phenoxy) is 1. The van der Waals surface area contributed by atoms with E-state index in [2.05, 4.69) is 50.0 Å². The molecule has 0 amide bonds. The Morgan fingerprint density at radius 3 is 2.67 bits per heavy atom. The summed E-state index contributed by atoms with van der Waals surface area (Å²) in [6.07, 6.45) is 2.23. The van der Waals surface area contributed by atoms with Crippen molar-refractivity contribution < 1.29 is 4.74 Å². The molecule has 3 rings (SSSR count). The second-order valence-corrected chi connectivity index (χ2v) is 6.58. The van der Waals surface area contributed by atoms with Crippen LogP contribution in [0.1, 0.15) is 49.4 Å². The van der Waals surface area contributed by atoms with Gasteiger partial charge >= 0.3 is 0 Å². The average Bonchev–Trinajstić information content (AvgIpc) is 2.93. The van der Waals surface area contributed by atoms with Gasteiger partial charge in [0.15, 0.2) is 0 Å². The maximum absolute atomic E-state index is 6.57. The zero-order valence-corrected chi connectivity index (χ0v) is 13.8. The van der Waals surface area contributed by atoms with Gasteiger partial charge in [0.2, 0.25) is 0 Å². The standard InChI is InChI=1S/C18H28N2O/c1-5-20(6-2)16-11-18(9-10-19-12-18)21-17-14(4)13(3)7-8-15(16)17/h7-8,16,19H,5-6,9-12H2,1-4H3. The van der Waals surface area contributed by atoms with E-state index in [0.717, 1.165) is 44.8 Å². The lowest BCUT2D eigenvalue weighted by Crippen LogP contribution is -2.47. The van der Waals surface area contributed by atoms with Gasteiger partial charge in [0.05, 0.1) is 0 Å². The third kappa shape index (κ3) is 2.47. The highest BCUT2D eigenvalue weighted by Crippen LogP contribution is 2.46. The highest BCUT2D eigenvalue weighted by atomic mass is 16.5. The first kappa shape index (κ1) is 14.9. The Morgan fingerprint density at radius 1 is 1.29 bits per heavy atom. The van der Waals surface area contributed by atoms with Gasteiger partial charge in [-0.1, -0.05) is 26.0 Å². The molecule has 2 unspecified atom stereocenters. The van der Waals surface area contributed by atoms with Gasteiger partial charge in [-0.25, -0.2) is 0 Å². The Labute approximate surface area is 128 Å². The van der Waals surface area contributed by atoms with Crippen LogP contribution in [0.5, 0.6) is 5.75 Å². The Bertz CT molecular complexity index is 516. The molecule has 0 saturated carbocycles. The van der Waals surface area contributed by atoms with Crippen LogP contribution in [0, 0.1) is 13.8 Å². The molecule has 3 heteroatoms. The van der Waals surface area contributed by atoms with Crippen LogP contribution in [-0.4, -0.2) is 36.7 Å². The van der Waals surface area contributed by atoms with Gasteiger partial charge in [-0.05, 0) is 44.6 Å². The molecule has 0 aliphatic carbocycles. The molecule has 1 fully saturated rings. The van der Waals surface area contributed by atoms with Crippen LogP contribution in [0.25, 0.3) is 0 Å². The normalized spacial score (nSPS) is 28.0. The summed E-state index contributed by atoms with van der Waals surface area (Å²) in [5, 5.41) is 3.50. The van der Waals surface area contributed by atoms with Crippen molar-refractivity contribution in [2.75, 3.05) is 26.2 Å². The van der Waals surface area contributed by atoms with Crippen molar-refractivity contribution in [1.29, 1.82) is 0 Å². The quantitative estimate of drug-likeness (QED) is 0.924. The number of fused-ring (bicyclic) bond motifs is 1. The van der Waals surface area contributed by atoms with Gasteiger partial charge in [0.25, 0.3) is 0 Å². The Balaban J connectivity index is 2.07. The fourth-order valence-corrected chi connectivity index (χ4v) is 3.90. The number of hydrogen-bond donors (Lipinski definition) is 1. The van der Waals surface area contributed by atoms with E-state index in [-0.39, 0.29) is 5.60 Å². The molecule has 1 N–H and O–H groups in total. The van der Waals surface area contributed by atoms with E-state index in [1.165, 1.54) is 16.7 Å². The van der Waals surface area contributed by atoms with Crippen molar-refractivity contribution >= 4 is 0 Å². The maximum atomic E-state index is 6.57. The van der Waals surface area contributed by atoms with Crippen LogP contribution >= 0.6 is 0 Å².